The number of nitrogens with one attached hydrogen (secondary N) is 1. The van der Waals surface area contributed by atoms with Gasteiger partial charge in [0, 0.05) is 31.7 Å². The zero-order chi connectivity index (χ0) is 30.9. The van der Waals surface area contributed by atoms with Gasteiger partial charge in [0.1, 0.15) is 6.10 Å². The zero-order valence-corrected chi connectivity index (χ0v) is 25.8. The van der Waals surface area contributed by atoms with Gasteiger partial charge in [-0.1, -0.05) is 66.7 Å². The summed E-state index contributed by atoms with van der Waals surface area (Å²) in [6, 6.07) is 24.8. The molecule has 1 saturated heterocycles. The van der Waals surface area contributed by atoms with Crippen LogP contribution in [0.5, 0.6) is 0 Å². The molecule has 2 aliphatic heterocycles. The number of hydrogen-bond acceptors (Lipinski definition) is 5. The molecule has 5 rings (SSSR count). The summed E-state index contributed by atoms with van der Waals surface area (Å²) in [6.07, 6.45) is 7.34. The van der Waals surface area contributed by atoms with Gasteiger partial charge in [0.25, 0.3) is 11.8 Å². The second-order valence-electron chi connectivity index (χ2n) is 12.3. The monoisotopic (exact) mass is 595 g/mol. The van der Waals surface area contributed by atoms with Crippen molar-refractivity contribution in [1.29, 1.82) is 0 Å². The van der Waals surface area contributed by atoms with Crippen molar-refractivity contribution in [2.24, 2.45) is 0 Å². The first-order chi connectivity index (χ1) is 21.3. The second kappa shape index (κ2) is 14.5. The Morgan fingerprint density at radius 1 is 0.841 bits per heavy atom. The molecule has 2 aliphatic rings. The number of benzene rings is 3. The normalized spacial score (nSPS) is 16.0. The van der Waals surface area contributed by atoms with Crippen LogP contribution in [0.15, 0.2) is 91.0 Å². The van der Waals surface area contributed by atoms with Crippen LogP contribution in [0.2, 0.25) is 0 Å². The zero-order valence-electron chi connectivity index (χ0n) is 25.8. The van der Waals surface area contributed by atoms with E-state index in [9.17, 15) is 14.4 Å². The van der Waals surface area contributed by atoms with E-state index in [1.54, 1.807) is 24.3 Å². The molecule has 8 heteroatoms. The molecule has 1 fully saturated rings. The molecular weight excluding hydrogens is 552 g/mol. The van der Waals surface area contributed by atoms with Crippen molar-refractivity contribution in [3.63, 3.8) is 0 Å². The van der Waals surface area contributed by atoms with Crippen molar-refractivity contribution in [2.75, 3.05) is 58.7 Å². The average molecular weight is 596 g/mol. The first-order valence-electron chi connectivity index (χ1n) is 15.6. The van der Waals surface area contributed by atoms with Gasteiger partial charge in [-0.05, 0) is 55.5 Å². The topological polar surface area (TPSA) is 79.0 Å². The third-order valence-electron chi connectivity index (χ3n) is 8.46. The van der Waals surface area contributed by atoms with E-state index in [-0.39, 0.29) is 17.9 Å². The number of rotatable bonds is 12. The van der Waals surface area contributed by atoms with E-state index in [2.05, 4.69) is 36.5 Å². The molecule has 0 aromatic heterocycles. The second-order valence-corrected chi connectivity index (χ2v) is 12.3. The number of unbranched alkanes of at least 4 members (excludes halogenated alkanes) is 1. The Labute approximate surface area is 260 Å². The first kappa shape index (κ1) is 31.2. The van der Waals surface area contributed by atoms with Crippen molar-refractivity contribution >= 4 is 23.6 Å². The van der Waals surface area contributed by atoms with E-state index in [4.69, 9.17) is 4.74 Å². The molecule has 8 nitrogen and oxygen atoms in total. The highest BCUT2D eigenvalue weighted by molar-refractivity contribution is 6.21. The highest BCUT2D eigenvalue weighted by Gasteiger charge is 2.34. The van der Waals surface area contributed by atoms with Crippen LogP contribution in [-0.2, 0) is 4.74 Å². The van der Waals surface area contributed by atoms with Gasteiger partial charge in [-0.25, -0.2) is 4.79 Å². The lowest BCUT2D eigenvalue weighted by molar-refractivity contribution is -0.884. The fourth-order valence-electron chi connectivity index (χ4n) is 5.89. The predicted octanol–water partition coefficient (Wildman–Crippen LogP) is 6.08. The van der Waals surface area contributed by atoms with E-state index >= 15 is 0 Å². The Morgan fingerprint density at radius 3 is 2.14 bits per heavy atom. The van der Waals surface area contributed by atoms with Crippen LogP contribution in [0, 0.1) is 0 Å². The summed E-state index contributed by atoms with van der Waals surface area (Å²) in [5.41, 5.74) is 3.79. The predicted molar refractivity (Wildman–Crippen MR) is 173 cm³/mol. The van der Waals surface area contributed by atoms with Crippen LogP contribution >= 0.6 is 0 Å². The Bertz CT molecular complexity index is 1440. The molecule has 0 unspecified atom stereocenters. The number of ether oxygens (including phenoxy) is 1. The molecule has 2 heterocycles. The molecule has 44 heavy (non-hydrogen) atoms. The number of imide groups is 1. The largest absolute Gasteiger partial charge is 0.446 e. The molecule has 0 saturated carbocycles. The number of quaternary nitrogens is 1. The highest BCUT2D eigenvalue weighted by atomic mass is 16.6. The number of likely N-dealkylation sites (N-methyl/N-ethyl adjacent to an activating group) is 1. The van der Waals surface area contributed by atoms with Gasteiger partial charge in [-0.2, -0.15) is 0 Å². The maximum absolute atomic E-state index is 12.7. The molecule has 0 radical (unpaired) electrons. The number of carbonyl (C=O) groups excluding carboxylic acids is 3. The fourth-order valence-corrected chi connectivity index (χ4v) is 5.89. The third kappa shape index (κ3) is 8.01. The maximum atomic E-state index is 12.7. The first-order valence-corrected chi connectivity index (χ1v) is 15.6. The molecule has 0 atom stereocenters. The lowest BCUT2D eigenvalue weighted by Gasteiger charge is -2.31. The fraction of sp³-hybridized carbons (Fsp3) is 0.361. The number of hydrogen-bond donors (Lipinski definition) is 1. The smallest absolute Gasteiger partial charge is 0.411 e. The SMILES string of the molecule is C[N+](C)(C/C=C/CN1CCC(OC(=O)Nc2ccccc2-c2ccccc2)CC1)CCCCN1C(=O)c2ccccc2C1=O. The van der Waals surface area contributed by atoms with Crippen LogP contribution < -0.4 is 5.32 Å². The van der Waals surface area contributed by atoms with Crippen molar-refractivity contribution in [3.05, 3.63) is 102 Å². The lowest BCUT2D eigenvalue weighted by atomic mass is 10.0. The molecule has 0 bridgehead atoms. The van der Waals surface area contributed by atoms with Gasteiger partial charge >= 0.3 is 6.09 Å². The van der Waals surface area contributed by atoms with Crippen LogP contribution in [0.3, 0.4) is 0 Å². The Morgan fingerprint density at radius 2 is 1.45 bits per heavy atom. The number of carbonyl (C=O) groups is 3. The molecule has 3 aromatic rings. The molecule has 3 amide bonds. The standard InChI is InChI=1S/C36H42N4O4/c1-40(2,27-13-11-23-39-34(41)31-17-6-7-18-32(31)35(39)42)26-12-10-22-38-24-20-29(21-25-38)44-36(43)37-33-19-9-8-16-30(33)28-14-4-3-5-15-28/h3-10,12,14-19,29H,11,13,20-27H2,1-2H3/p+1/b12-10+. The van der Waals surface area contributed by atoms with Crippen LogP contribution in [0.4, 0.5) is 10.5 Å². The minimum absolute atomic E-state index is 0.0879. The van der Waals surface area contributed by atoms with Crippen LogP contribution in [0.1, 0.15) is 46.4 Å². The minimum atomic E-state index is -0.407. The Hall–Kier alpha value is -4.27. The summed E-state index contributed by atoms with van der Waals surface area (Å²) >= 11 is 0. The van der Waals surface area contributed by atoms with E-state index < -0.39 is 6.09 Å². The van der Waals surface area contributed by atoms with E-state index in [1.807, 2.05) is 54.6 Å². The van der Waals surface area contributed by atoms with E-state index in [0.29, 0.717) is 17.7 Å². The van der Waals surface area contributed by atoms with Crippen molar-refractivity contribution in [1.82, 2.24) is 9.80 Å². The summed E-state index contributed by atoms with van der Waals surface area (Å²) in [5, 5.41) is 2.94. The van der Waals surface area contributed by atoms with Crippen molar-refractivity contribution < 1.29 is 23.6 Å². The molecular formula is C36H43N4O4+. The van der Waals surface area contributed by atoms with Gasteiger partial charge in [0.05, 0.1) is 44.0 Å². The highest BCUT2D eigenvalue weighted by Crippen LogP contribution is 2.28. The molecule has 0 aliphatic carbocycles. The number of amides is 3. The van der Waals surface area contributed by atoms with Crippen LogP contribution in [0.25, 0.3) is 11.1 Å². The number of para-hydroxylation sites is 1. The summed E-state index contributed by atoms with van der Waals surface area (Å²) in [7, 11) is 4.41. The lowest BCUT2D eigenvalue weighted by Crippen LogP contribution is -2.41. The van der Waals surface area contributed by atoms with Gasteiger partial charge in [0.2, 0.25) is 0 Å². The van der Waals surface area contributed by atoms with Gasteiger partial charge in [-0.3, -0.25) is 24.7 Å². The summed E-state index contributed by atoms with van der Waals surface area (Å²) < 4.78 is 6.62. The number of anilines is 1. The Kier molecular flexibility index (Phi) is 10.2. The number of fused-ring (bicyclic) bond motifs is 1. The number of likely N-dealkylation sites (tertiary alicyclic amines) is 1. The molecule has 230 valence electrons. The maximum Gasteiger partial charge on any atom is 0.411 e. The van der Waals surface area contributed by atoms with E-state index in [0.717, 1.165) is 79.7 Å². The molecule has 3 aromatic carbocycles. The molecule has 0 spiro atoms. The third-order valence-corrected chi connectivity index (χ3v) is 8.46. The van der Waals surface area contributed by atoms with Gasteiger partial charge < -0.3 is 9.22 Å². The van der Waals surface area contributed by atoms with Gasteiger partial charge in [0.15, 0.2) is 0 Å². The number of piperidine rings is 1. The van der Waals surface area contributed by atoms with Crippen LogP contribution in [-0.4, -0.2) is 91.7 Å². The van der Waals surface area contributed by atoms with Crippen molar-refractivity contribution in [3.8, 4) is 11.1 Å². The summed E-state index contributed by atoms with van der Waals surface area (Å²) in [6.45, 7) is 5.00. The van der Waals surface area contributed by atoms with E-state index in [1.165, 1.54) is 4.90 Å². The number of nitrogens with zero attached hydrogens (tertiary/aromatic N) is 3. The Balaban J connectivity index is 0.970. The molecule has 1 N–H and O–H groups in total. The average Bonchev–Trinajstić information content (AvgIpc) is 3.27. The summed E-state index contributed by atoms with van der Waals surface area (Å²) in [5.74, 6) is -0.350. The van der Waals surface area contributed by atoms with Crippen molar-refractivity contribution in [2.45, 2.75) is 31.8 Å². The van der Waals surface area contributed by atoms with Gasteiger partial charge in [-0.15, -0.1) is 0 Å². The minimum Gasteiger partial charge on any atom is -0.446 e. The summed E-state index contributed by atoms with van der Waals surface area (Å²) in [4.78, 5) is 41.6. The quantitative estimate of drug-likeness (QED) is 0.119.